The Morgan fingerprint density at radius 3 is 2.19 bits per heavy atom. The molecule has 3 rings (SSSR count). The van der Waals surface area contributed by atoms with Crippen molar-refractivity contribution in [3.05, 3.63) is 100 Å². The highest BCUT2D eigenvalue weighted by molar-refractivity contribution is 6.30. The summed E-state index contributed by atoms with van der Waals surface area (Å²) in [5.74, 6) is -0.400. The summed E-state index contributed by atoms with van der Waals surface area (Å²) >= 11 is 6.00. The molecule has 0 aromatic heterocycles. The van der Waals surface area contributed by atoms with E-state index in [-0.39, 0.29) is 24.1 Å². The van der Waals surface area contributed by atoms with Crippen LogP contribution >= 0.6 is 11.6 Å². The maximum Gasteiger partial charge on any atom is 0.165 e. The molecular weight excluding hydrogens is 361 g/mol. The first kappa shape index (κ1) is 19.1. The number of benzene rings is 3. The number of rotatable bonds is 7. The van der Waals surface area contributed by atoms with Crippen LogP contribution in [0.15, 0.2) is 72.8 Å². The lowest BCUT2D eigenvalue weighted by Gasteiger charge is -2.20. The Morgan fingerprint density at radius 2 is 1.59 bits per heavy atom. The van der Waals surface area contributed by atoms with E-state index < -0.39 is 0 Å². The number of nitrogens with one attached hydrogen (secondary N) is 1. The van der Waals surface area contributed by atoms with E-state index in [1.807, 2.05) is 36.4 Å². The van der Waals surface area contributed by atoms with Gasteiger partial charge in [-0.1, -0.05) is 42.8 Å². The van der Waals surface area contributed by atoms with E-state index in [0.29, 0.717) is 10.6 Å². The number of ketones is 1. The van der Waals surface area contributed by atoms with Crippen molar-refractivity contribution in [2.24, 2.45) is 0 Å². The number of carbonyl (C=O) groups is 1. The fraction of sp³-hybridized carbons (Fsp3) is 0.174. The van der Waals surface area contributed by atoms with Crippen LogP contribution in [0.2, 0.25) is 5.02 Å². The molecule has 0 saturated heterocycles. The van der Waals surface area contributed by atoms with Gasteiger partial charge in [-0.3, -0.25) is 4.79 Å². The van der Waals surface area contributed by atoms with Crippen molar-refractivity contribution in [1.82, 2.24) is 0 Å². The van der Waals surface area contributed by atoms with Crippen LogP contribution in [0.25, 0.3) is 0 Å². The van der Waals surface area contributed by atoms with Crippen LogP contribution in [0.1, 0.15) is 40.9 Å². The van der Waals surface area contributed by atoms with Crippen LogP contribution in [-0.4, -0.2) is 5.78 Å². The fourth-order valence-electron chi connectivity index (χ4n) is 2.92. The zero-order valence-electron chi connectivity index (χ0n) is 15.1. The van der Waals surface area contributed by atoms with Crippen LogP contribution in [0.3, 0.4) is 0 Å². The van der Waals surface area contributed by atoms with Crippen LogP contribution < -0.4 is 5.32 Å². The first-order chi connectivity index (χ1) is 13.0. The number of Topliss-reactive ketones (excluding diaryl/α,β-unsaturated/α-hetero) is 1. The van der Waals surface area contributed by atoms with E-state index in [1.54, 1.807) is 0 Å². The first-order valence-corrected chi connectivity index (χ1v) is 9.32. The summed E-state index contributed by atoms with van der Waals surface area (Å²) < 4.78 is 13.1. The third-order valence-electron chi connectivity index (χ3n) is 4.53. The number of carbonyl (C=O) groups excluding carboxylic acids is 1. The number of hydrogen-bond acceptors (Lipinski definition) is 2. The maximum absolute atomic E-state index is 13.1. The smallest absolute Gasteiger partial charge is 0.165 e. The van der Waals surface area contributed by atoms with Gasteiger partial charge in [-0.15, -0.1) is 0 Å². The lowest BCUT2D eigenvalue weighted by molar-refractivity contribution is 0.0976. The van der Waals surface area contributed by atoms with Gasteiger partial charge >= 0.3 is 0 Å². The predicted molar refractivity (Wildman–Crippen MR) is 109 cm³/mol. The fourth-order valence-corrected chi connectivity index (χ4v) is 3.05. The SMILES string of the molecule is CCc1ccc(NC(CC(=O)c2ccc(F)cc2)c2ccc(Cl)cc2)cc1. The molecule has 0 spiro atoms. The minimum absolute atomic E-state index is 0.0485. The van der Waals surface area contributed by atoms with E-state index in [1.165, 1.54) is 29.8 Å². The quantitative estimate of drug-likeness (QED) is 0.475. The summed E-state index contributed by atoms with van der Waals surface area (Å²) in [5.41, 5.74) is 3.66. The molecule has 138 valence electrons. The lowest BCUT2D eigenvalue weighted by atomic mass is 9.97. The maximum atomic E-state index is 13.1. The van der Waals surface area contributed by atoms with Gasteiger partial charge in [-0.2, -0.15) is 0 Å². The predicted octanol–water partition coefficient (Wildman–Crippen LogP) is 6.47. The van der Waals surface area contributed by atoms with E-state index in [0.717, 1.165) is 17.7 Å². The molecule has 0 aliphatic heterocycles. The molecule has 1 unspecified atom stereocenters. The number of hydrogen-bond donors (Lipinski definition) is 1. The van der Waals surface area contributed by atoms with Crippen molar-refractivity contribution in [2.45, 2.75) is 25.8 Å². The van der Waals surface area contributed by atoms with E-state index >= 15 is 0 Å². The van der Waals surface area contributed by atoms with Crippen molar-refractivity contribution in [2.75, 3.05) is 5.32 Å². The Morgan fingerprint density at radius 1 is 0.963 bits per heavy atom. The molecule has 1 N–H and O–H groups in total. The van der Waals surface area contributed by atoms with Crippen molar-refractivity contribution in [3.8, 4) is 0 Å². The molecular formula is C23H21ClFNO. The lowest BCUT2D eigenvalue weighted by Crippen LogP contribution is -2.16. The van der Waals surface area contributed by atoms with Gasteiger partial charge in [-0.05, 0) is 66.1 Å². The van der Waals surface area contributed by atoms with Crippen LogP contribution in [0.4, 0.5) is 10.1 Å². The van der Waals surface area contributed by atoms with Crippen LogP contribution in [0.5, 0.6) is 0 Å². The number of halogens is 2. The minimum atomic E-state index is -0.352. The zero-order valence-corrected chi connectivity index (χ0v) is 15.8. The van der Waals surface area contributed by atoms with Gasteiger partial charge < -0.3 is 5.32 Å². The second kappa shape index (κ2) is 8.83. The summed E-state index contributed by atoms with van der Waals surface area (Å²) in [6.07, 6.45) is 1.23. The van der Waals surface area contributed by atoms with Gasteiger partial charge in [0.1, 0.15) is 5.82 Å². The Labute approximate surface area is 164 Å². The normalized spacial score (nSPS) is 11.8. The summed E-state index contributed by atoms with van der Waals surface area (Å²) in [7, 11) is 0. The molecule has 0 aliphatic rings. The van der Waals surface area contributed by atoms with Gasteiger partial charge in [0.2, 0.25) is 0 Å². The zero-order chi connectivity index (χ0) is 19.2. The van der Waals surface area contributed by atoms with Gasteiger partial charge in [-0.25, -0.2) is 4.39 Å². The van der Waals surface area contributed by atoms with Crippen molar-refractivity contribution < 1.29 is 9.18 Å². The van der Waals surface area contributed by atoms with E-state index in [4.69, 9.17) is 11.6 Å². The molecule has 0 heterocycles. The molecule has 4 heteroatoms. The molecule has 3 aromatic rings. The van der Waals surface area contributed by atoms with Crippen LogP contribution in [0, 0.1) is 5.82 Å². The minimum Gasteiger partial charge on any atom is -0.378 e. The molecule has 0 saturated carbocycles. The second-order valence-electron chi connectivity index (χ2n) is 6.43. The highest BCUT2D eigenvalue weighted by Crippen LogP contribution is 2.26. The Kier molecular flexibility index (Phi) is 6.25. The Balaban J connectivity index is 1.83. The van der Waals surface area contributed by atoms with Crippen LogP contribution in [-0.2, 0) is 6.42 Å². The highest BCUT2D eigenvalue weighted by atomic mass is 35.5. The van der Waals surface area contributed by atoms with Gasteiger partial charge in [0.25, 0.3) is 0 Å². The summed E-state index contributed by atoms with van der Waals surface area (Å²) in [6.45, 7) is 2.11. The number of anilines is 1. The van der Waals surface area contributed by atoms with Gasteiger partial charge in [0, 0.05) is 22.7 Å². The standard InChI is InChI=1S/C23H21ClFNO/c1-2-16-3-13-21(14-4-16)26-22(17-5-9-19(24)10-6-17)15-23(27)18-7-11-20(25)12-8-18/h3-14,22,26H,2,15H2,1H3. The second-order valence-corrected chi connectivity index (χ2v) is 6.87. The summed E-state index contributed by atoms with van der Waals surface area (Å²) in [5, 5.41) is 4.09. The highest BCUT2D eigenvalue weighted by Gasteiger charge is 2.17. The Bertz CT molecular complexity index is 889. The number of aryl methyl sites for hydroxylation is 1. The molecule has 27 heavy (non-hydrogen) atoms. The van der Waals surface area contributed by atoms with E-state index in [9.17, 15) is 9.18 Å². The molecule has 0 radical (unpaired) electrons. The largest absolute Gasteiger partial charge is 0.378 e. The first-order valence-electron chi connectivity index (χ1n) is 8.95. The topological polar surface area (TPSA) is 29.1 Å². The molecule has 3 aromatic carbocycles. The Hall–Kier alpha value is -2.65. The molecule has 1 atom stereocenters. The average molecular weight is 382 g/mol. The summed E-state index contributed by atoms with van der Waals surface area (Å²) in [6, 6.07) is 21.1. The molecule has 0 fully saturated rings. The molecule has 0 aliphatic carbocycles. The van der Waals surface area contributed by atoms with Gasteiger partial charge in [0.05, 0.1) is 6.04 Å². The average Bonchev–Trinajstić information content (AvgIpc) is 2.69. The van der Waals surface area contributed by atoms with Crippen molar-refractivity contribution in [3.63, 3.8) is 0 Å². The summed E-state index contributed by atoms with van der Waals surface area (Å²) in [4.78, 5) is 12.7. The third kappa shape index (κ3) is 5.18. The molecule has 0 amide bonds. The van der Waals surface area contributed by atoms with Crippen molar-refractivity contribution in [1.29, 1.82) is 0 Å². The monoisotopic (exact) mass is 381 g/mol. The van der Waals surface area contributed by atoms with E-state index in [2.05, 4.69) is 24.4 Å². The van der Waals surface area contributed by atoms with Gasteiger partial charge in [0.15, 0.2) is 5.78 Å². The molecule has 2 nitrogen and oxygen atoms in total. The van der Waals surface area contributed by atoms with Crippen molar-refractivity contribution >= 4 is 23.1 Å². The third-order valence-corrected chi connectivity index (χ3v) is 4.78. The molecule has 0 bridgehead atoms.